The molecule has 8 nitrogen and oxygen atoms in total. The topological polar surface area (TPSA) is 85.0 Å². The van der Waals surface area contributed by atoms with Crippen LogP contribution in [0.15, 0.2) is 101 Å². The summed E-state index contributed by atoms with van der Waals surface area (Å²) in [4.78, 5) is 17.5. The fourth-order valence-corrected chi connectivity index (χ4v) is 7.46. The Morgan fingerprint density at radius 1 is 0.875 bits per heavy atom. The van der Waals surface area contributed by atoms with Crippen LogP contribution in [0.5, 0.6) is 5.75 Å². The lowest BCUT2D eigenvalue weighted by molar-refractivity contribution is 0.0629. The number of nitrogens with zero attached hydrogens (tertiary/aromatic N) is 3. The molecule has 9 heteroatoms. The highest BCUT2D eigenvalue weighted by atomic mass is 32.2. The SMILES string of the molecule is O=C(c1ccccc1)N1CCN(Cc2c3n(c4ccc(OCc5ccco5)cc24)S(=O)(=O)c2ccccc2-3)CC1. The van der Waals surface area contributed by atoms with Crippen molar-refractivity contribution in [3.8, 4) is 17.0 Å². The van der Waals surface area contributed by atoms with Crippen molar-refractivity contribution in [1.29, 1.82) is 0 Å². The lowest BCUT2D eigenvalue weighted by Gasteiger charge is -2.35. The van der Waals surface area contributed by atoms with Crippen LogP contribution in [0.4, 0.5) is 0 Å². The molecule has 40 heavy (non-hydrogen) atoms. The van der Waals surface area contributed by atoms with Crippen molar-refractivity contribution in [3.63, 3.8) is 0 Å². The number of piperazine rings is 1. The van der Waals surface area contributed by atoms with Crippen molar-refractivity contribution in [3.05, 3.63) is 108 Å². The van der Waals surface area contributed by atoms with E-state index in [9.17, 15) is 13.2 Å². The van der Waals surface area contributed by atoms with Gasteiger partial charge in [0.05, 0.1) is 22.4 Å². The van der Waals surface area contributed by atoms with Gasteiger partial charge in [-0.2, -0.15) is 0 Å². The summed E-state index contributed by atoms with van der Waals surface area (Å²) in [5.74, 6) is 1.38. The smallest absolute Gasteiger partial charge is 0.269 e. The number of ether oxygens (including phenoxy) is 1. The normalized spacial score (nSPS) is 16.1. The number of hydrogen-bond donors (Lipinski definition) is 0. The van der Waals surface area contributed by atoms with Gasteiger partial charge in [0, 0.05) is 54.8 Å². The molecule has 0 atom stereocenters. The van der Waals surface area contributed by atoms with Gasteiger partial charge in [0.15, 0.2) is 0 Å². The van der Waals surface area contributed by atoms with Crippen molar-refractivity contribution in [2.24, 2.45) is 0 Å². The van der Waals surface area contributed by atoms with Crippen LogP contribution in [0.3, 0.4) is 0 Å². The zero-order valence-corrected chi connectivity index (χ0v) is 22.5. The van der Waals surface area contributed by atoms with Crippen molar-refractivity contribution in [1.82, 2.24) is 13.8 Å². The van der Waals surface area contributed by atoms with E-state index in [1.165, 1.54) is 3.97 Å². The summed E-state index contributed by atoms with van der Waals surface area (Å²) in [6, 6.07) is 25.7. The predicted molar refractivity (Wildman–Crippen MR) is 151 cm³/mol. The van der Waals surface area contributed by atoms with Gasteiger partial charge in [-0.05, 0) is 48.5 Å². The Labute approximate surface area is 232 Å². The summed E-state index contributed by atoms with van der Waals surface area (Å²) >= 11 is 0. The highest BCUT2D eigenvalue weighted by molar-refractivity contribution is 7.90. The van der Waals surface area contributed by atoms with Crippen molar-refractivity contribution in [2.45, 2.75) is 18.0 Å². The highest BCUT2D eigenvalue weighted by Crippen LogP contribution is 2.46. The van der Waals surface area contributed by atoms with E-state index in [1.807, 2.05) is 71.6 Å². The summed E-state index contributed by atoms with van der Waals surface area (Å²) in [7, 11) is -3.73. The third kappa shape index (κ3) is 4.09. The minimum Gasteiger partial charge on any atom is -0.486 e. The molecule has 0 saturated carbocycles. The summed E-state index contributed by atoms with van der Waals surface area (Å²) in [5, 5.41) is 0.841. The van der Waals surface area contributed by atoms with E-state index in [2.05, 4.69) is 4.90 Å². The fraction of sp³-hybridized carbons (Fsp3) is 0.194. The molecule has 3 aromatic carbocycles. The van der Waals surface area contributed by atoms with E-state index in [1.54, 1.807) is 24.5 Å². The zero-order valence-electron chi connectivity index (χ0n) is 21.7. The summed E-state index contributed by atoms with van der Waals surface area (Å²) in [5.41, 5.74) is 3.68. The molecule has 0 unspecified atom stereocenters. The van der Waals surface area contributed by atoms with E-state index in [0.717, 1.165) is 10.9 Å². The Morgan fingerprint density at radius 3 is 2.42 bits per heavy atom. The molecule has 0 N–H and O–H groups in total. The first-order chi connectivity index (χ1) is 19.5. The van der Waals surface area contributed by atoms with Crippen LogP contribution < -0.4 is 4.74 Å². The molecule has 202 valence electrons. The van der Waals surface area contributed by atoms with E-state index < -0.39 is 10.0 Å². The Morgan fingerprint density at radius 2 is 1.65 bits per heavy atom. The molecule has 2 aromatic heterocycles. The third-order valence-corrected chi connectivity index (χ3v) is 9.46. The average molecular weight is 554 g/mol. The number of amides is 1. The van der Waals surface area contributed by atoms with Crippen LogP contribution in [-0.4, -0.2) is 54.3 Å². The molecule has 0 aliphatic carbocycles. The molecule has 0 bridgehead atoms. The number of fused-ring (bicyclic) bond motifs is 5. The van der Waals surface area contributed by atoms with Gasteiger partial charge in [-0.1, -0.05) is 36.4 Å². The van der Waals surface area contributed by atoms with Gasteiger partial charge >= 0.3 is 0 Å². The zero-order chi connectivity index (χ0) is 27.3. The molecule has 5 aromatic rings. The predicted octanol–water partition coefficient (Wildman–Crippen LogP) is 4.99. The number of aromatic nitrogens is 1. The van der Waals surface area contributed by atoms with Gasteiger partial charge in [-0.15, -0.1) is 0 Å². The van der Waals surface area contributed by atoms with Crippen LogP contribution in [-0.2, 0) is 23.2 Å². The molecule has 2 aliphatic rings. The molecule has 1 saturated heterocycles. The Hall–Kier alpha value is -4.34. The van der Waals surface area contributed by atoms with E-state index in [4.69, 9.17) is 9.15 Å². The van der Waals surface area contributed by atoms with Crippen LogP contribution in [0.1, 0.15) is 21.7 Å². The number of hydrogen-bond acceptors (Lipinski definition) is 6. The first-order valence-corrected chi connectivity index (χ1v) is 14.7. The molecule has 4 heterocycles. The number of benzene rings is 3. The van der Waals surface area contributed by atoms with Gasteiger partial charge < -0.3 is 14.1 Å². The average Bonchev–Trinajstić information content (AvgIpc) is 3.68. The first-order valence-electron chi connectivity index (χ1n) is 13.2. The molecule has 0 radical (unpaired) electrons. The van der Waals surface area contributed by atoms with Crippen LogP contribution in [0.2, 0.25) is 0 Å². The molecule has 0 spiro atoms. The molecule has 2 aliphatic heterocycles. The molecule has 1 fully saturated rings. The second-order valence-corrected chi connectivity index (χ2v) is 11.8. The van der Waals surface area contributed by atoms with Gasteiger partial charge in [0.1, 0.15) is 18.1 Å². The van der Waals surface area contributed by atoms with Gasteiger partial charge in [-0.3, -0.25) is 9.69 Å². The number of carbonyl (C=O) groups is 1. The highest BCUT2D eigenvalue weighted by Gasteiger charge is 2.37. The second kappa shape index (κ2) is 9.69. The number of rotatable bonds is 6. The third-order valence-electron chi connectivity index (χ3n) is 7.68. The van der Waals surface area contributed by atoms with Gasteiger partial charge in [0.25, 0.3) is 15.9 Å². The molecular formula is C31H27N3O5S. The number of carbonyl (C=O) groups excluding carboxylic acids is 1. The van der Waals surface area contributed by atoms with Crippen molar-refractivity contribution >= 4 is 26.8 Å². The Bertz CT molecular complexity index is 1820. The molecular weight excluding hydrogens is 526 g/mol. The van der Waals surface area contributed by atoms with Gasteiger partial charge in [-0.25, -0.2) is 12.4 Å². The quantitative estimate of drug-likeness (QED) is 0.289. The van der Waals surface area contributed by atoms with E-state index in [-0.39, 0.29) is 12.5 Å². The monoisotopic (exact) mass is 553 g/mol. The molecule has 7 rings (SSSR count). The van der Waals surface area contributed by atoms with Crippen molar-refractivity contribution in [2.75, 3.05) is 26.2 Å². The van der Waals surface area contributed by atoms with Gasteiger partial charge in [0.2, 0.25) is 0 Å². The maximum Gasteiger partial charge on any atom is 0.269 e. The summed E-state index contributed by atoms with van der Waals surface area (Å²) < 4.78 is 40.2. The van der Waals surface area contributed by atoms with Crippen LogP contribution in [0, 0.1) is 0 Å². The van der Waals surface area contributed by atoms with Crippen LogP contribution in [0.25, 0.3) is 22.2 Å². The largest absolute Gasteiger partial charge is 0.486 e. The van der Waals surface area contributed by atoms with Crippen LogP contribution >= 0.6 is 0 Å². The standard InChI is InChI=1S/C31H27N3O5S/c35-31(22-7-2-1-3-8-22)33-16-14-32(15-17-33)20-27-26-19-23(39-21-24-9-6-18-38-24)12-13-28(26)34-30(27)25-10-4-5-11-29(25)40(34,36)37/h1-13,18-19H,14-17,20-21H2. The fourth-order valence-electron chi connectivity index (χ4n) is 5.71. The summed E-state index contributed by atoms with van der Waals surface area (Å²) in [6.45, 7) is 3.42. The first kappa shape index (κ1) is 24.7. The molecule has 1 amide bonds. The van der Waals surface area contributed by atoms with E-state index >= 15 is 0 Å². The van der Waals surface area contributed by atoms with E-state index in [0.29, 0.717) is 71.5 Å². The minimum absolute atomic E-state index is 0.0360. The number of furan rings is 1. The Balaban J connectivity index is 1.23. The minimum atomic E-state index is -3.73. The maximum absolute atomic E-state index is 13.7. The summed E-state index contributed by atoms with van der Waals surface area (Å²) in [6.07, 6.45) is 1.61. The Kier molecular flexibility index (Phi) is 5.98. The maximum atomic E-state index is 13.7. The second-order valence-electron chi connectivity index (χ2n) is 10.1. The van der Waals surface area contributed by atoms with Crippen molar-refractivity contribution < 1.29 is 22.4 Å². The lowest BCUT2D eigenvalue weighted by atomic mass is 10.0. The lowest BCUT2D eigenvalue weighted by Crippen LogP contribution is -2.48.